The number of nitrogens with two attached hydrogens (primary N) is 2. The van der Waals surface area contributed by atoms with Crippen molar-refractivity contribution in [2.45, 2.75) is 56.9 Å². The van der Waals surface area contributed by atoms with E-state index in [9.17, 15) is 9.90 Å². The minimum atomic E-state index is -1.12. The van der Waals surface area contributed by atoms with Crippen LogP contribution >= 0.6 is 0 Å². The van der Waals surface area contributed by atoms with Gasteiger partial charge in [-0.25, -0.2) is 0 Å². The van der Waals surface area contributed by atoms with E-state index in [0.29, 0.717) is 13.0 Å². The molecule has 0 aromatic carbocycles. The lowest BCUT2D eigenvalue weighted by molar-refractivity contribution is -0.145. The zero-order valence-electron chi connectivity index (χ0n) is 11.1. The van der Waals surface area contributed by atoms with E-state index in [1.165, 1.54) is 12.8 Å². The predicted molar refractivity (Wildman–Crippen MR) is 73.2 cm³/mol. The van der Waals surface area contributed by atoms with Gasteiger partial charge < -0.3 is 16.6 Å². The van der Waals surface area contributed by atoms with Gasteiger partial charge in [-0.05, 0) is 45.1 Å². The molecule has 4 nitrogen and oxygen atoms in total. The first kappa shape index (κ1) is 15.2. The van der Waals surface area contributed by atoms with Crippen LogP contribution in [0.5, 0.6) is 0 Å². The molecule has 0 amide bonds. The standard InChI is InChI=1S/C14H26N2O2/c15-11-7-6-10-14(16,13(17)18)12-8-4-2-1-3-5-9-12/h4,8,12H,1-3,5-7,9-11,15-16H2,(H,17,18)/b8-4+. The lowest BCUT2D eigenvalue weighted by atomic mass is 9.76. The molecular weight excluding hydrogens is 228 g/mol. The first-order chi connectivity index (χ1) is 8.61. The highest BCUT2D eigenvalue weighted by Gasteiger charge is 2.40. The number of rotatable bonds is 6. The van der Waals surface area contributed by atoms with Gasteiger partial charge in [0.25, 0.3) is 0 Å². The molecule has 0 heterocycles. The Balaban J connectivity index is 2.73. The van der Waals surface area contributed by atoms with Gasteiger partial charge in [-0.3, -0.25) is 4.79 Å². The Morgan fingerprint density at radius 1 is 1.33 bits per heavy atom. The summed E-state index contributed by atoms with van der Waals surface area (Å²) in [5.41, 5.74) is 10.5. The molecule has 18 heavy (non-hydrogen) atoms. The van der Waals surface area contributed by atoms with Crippen molar-refractivity contribution in [1.82, 2.24) is 0 Å². The van der Waals surface area contributed by atoms with Gasteiger partial charge in [0.15, 0.2) is 0 Å². The van der Waals surface area contributed by atoms with Crippen molar-refractivity contribution >= 4 is 5.97 Å². The SMILES string of the molecule is NCCCCC(N)(C(=O)O)C1/C=C/CCCCC1. The van der Waals surface area contributed by atoms with Gasteiger partial charge in [-0.1, -0.05) is 25.0 Å². The Morgan fingerprint density at radius 2 is 2.11 bits per heavy atom. The molecule has 0 radical (unpaired) electrons. The van der Waals surface area contributed by atoms with Crippen LogP contribution in [0.1, 0.15) is 51.4 Å². The zero-order chi connectivity index (χ0) is 13.4. The first-order valence-corrected chi connectivity index (χ1v) is 7.00. The topological polar surface area (TPSA) is 89.3 Å². The molecule has 0 saturated carbocycles. The maximum absolute atomic E-state index is 11.5. The predicted octanol–water partition coefficient (Wildman–Crippen LogP) is 2.03. The lowest BCUT2D eigenvalue weighted by Gasteiger charge is -2.33. The number of hydrogen-bond donors (Lipinski definition) is 3. The van der Waals surface area contributed by atoms with Crippen LogP contribution in [0.15, 0.2) is 12.2 Å². The van der Waals surface area contributed by atoms with Crippen LogP contribution in [-0.4, -0.2) is 23.2 Å². The molecule has 0 aromatic heterocycles. The second-order valence-corrected chi connectivity index (χ2v) is 5.26. The van der Waals surface area contributed by atoms with E-state index in [4.69, 9.17) is 11.5 Å². The van der Waals surface area contributed by atoms with Crippen molar-refractivity contribution in [3.63, 3.8) is 0 Å². The molecule has 1 aliphatic carbocycles. The summed E-state index contributed by atoms with van der Waals surface area (Å²) in [4.78, 5) is 11.5. The summed E-state index contributed by atoms with van der Waals surface area (Å²) in [7, 11) is 0. The third kappa shape index (κ3) is 4.10. The van der Waals surface area contributed by atoms with Gasteiger partial charge in [-0.2, -0.15) is 0 Å². The summed E-state index contributed by atoms with van der Waals surface area (Å²) in [5, 5.41) is 9.46. The highest BCUT2D eigenvalue weighted by Crippen LogP contribution is 2.29. The van der Waals surface area contributed by atoms with Crippen LogP contribution in [-0.2, 0) is 4.79 Å². The van der Waals surface area contributed by atoms with Crippen molar-refractivity contribution < 1.29 is 9.90 Å². The fraction of sp³-hybridized carbons (Fsp3) is 0.786. The van der Waals surface area contributed by atoms with Crippen LogP contribution in [0.25, 0.3) is 0 Å². The van der Waals surface area contributed by atoms with Gasteiger partial charge in [0.1, 0.15) is 5.54 Å². The fourth-order valence-corrected chi connectivity index (χ4v) is 2.60. The van der Waals surface area contributed by atoms with E-state index in [1.54, 1.807) is 0 Å². The maximum atomic E-state index is 11.5. The number of carboxylic acids is 1. The summed E-state index contributed by atoms with van der Waals surface area (Å²) in [5.74, 6) is -0.928. The van der Waals surface area contributed by atoms with Gasteiger partial charge in [0.2, 0.25) is 0 Å². The van der Waals surface area contributed by atoms with E-state index < -0.39 is 11.5 Å². The third-order valence-corrected chi connectivity index (χ3v) is 3.86. The summed E-state index contributed by atoms with van der Waals surface area (Å²) >= 11 is 0. The smallest absolute Gasteiger partial charge is 0.324 e. The third-order valence-electron chi connectivity index (χ3n) is 3.86. The molecule has 0 bridgehead atoms. The minimum Gasteiger partial charge on any atom is -0.480 e. The Morgan fingerprint density at radius 3 is 2.78 bits per heavy atom. The minimum absolute atomic E-state index is 0.0481. The highest BCUT2D eigenvalue weighted by atomic mass is 16.4. The van der Waals surface area contributed by atoms with E-state index in [-0.39, 0.29) is 5.92 Å². The highest BCUT2D eigenvalue weighted by molar-refractivity contribution is 5.79. The summed E-state index contributed by atoms with van der Waals surface area (Å²) < 4.78 is 0. The van der Waals surface area contributed by atoms with Gasteiger partial charge in [0, 0.05) is 5.92 Å². The number of aliphatic carboxylic acids is 1. The molecule has 0 fully saturated rings. The molecule has 0 spiro atoms. The second-order valence-electron chi connectivity index (χ2n) is 5.26. The molecule has 0 saturated heterocycles. The number of carbonyl (C=O) groups is 1. The Labute approximate surface area is 109 Å². The van der Waals surface area contributed by atoms with Crippen molar-refractivity contribution in [2.75, 3.05) is 6.54 Å². The number of hydrogen-bond acceptors (Lipinski definition) is 3. The van der Waals surface area contributed by atoms with Crippen LogP contribution in [0.3, 0.4) is 0 Å². The van der Waals surface area contributed by atoms with Crippen LogP contribution < -0.4 is 11.5 Å². The molecule has 2 atom stereocenters. The monoisotopic (exact) mass is 254 g/mol. The van der Waals surface area contributed by atoms with E-state index in [0.717, 1.165) is 32.1 Å². The van der Waals surface area contributed by atoms with Gasteiger partial charge >= 0.3 is 5.97 Å². The Kier molecular flexibility index (Phi) is 6.36. The van der Waals surface area contributed by atoms with Crippen LogP contribution in [0, 0.1) is 5.92 Å². The normalized spacial score (nSPS) is 25.8. The van der Waals surface area contributed by atoms with Crippen LogP contribution in [0.2, 0.25) is 0 Å². The second kappa shape index (κ2) is 7.54. The van der Waals surface area contributed by atoms with E-state index in [1.807, 2.05) is 6.08 Å². The summed E-state index contributed by atoms with van der Waals surface area (Å²) in [6.07, 6.45) is 11.6. The quantitative estimate of drug-likeness (QED) is 0.500. The maximum Gasteiger partial charge on any atom is 0.324 e. The van der Waals surface area contributed by atoms with Crippen LogP contribution in [0.4, 0.5) is 0 Å². The molecule has 1 rings (SSSR count). The molecule has 2 unspecified atom stereocenters. The Bertz CT molecular complexity index is 292. The Hall–Kier alpha value is -0.870. The molecule has 0 aromatic rings. The van der Waals surface area contributed by atoms with E-state index in [2.05, 4.69) is 6.08 Å². The largest absolute Gasteiger partial charge is 0.480 e. The molecule has 104 valence electrons. The van der Waals surface area contributed by atoms with Crippen molar-refractivity contribution in [2.24, 2.45) is 17.4 Å². The van der Waals surface area contributed by atoms with Crippen molar-refractivity contribution in [1.29, 1.82) is 0 Å². The number of carboxylic acid groups (broad SMARTS) is 1. The summed E-state index contributed by atoms with van der Waals surface area (Å²) in [6, 6.07) is 0. The molecule has 1 aliphatic rings. The first-order valence-electron chi connectivity index (χ1n) is 7.00. The van der Waals surface area contributed by atoms with Gasteiger partial charge in [-0.15, -0.1) is 0 Å². The van der Waals surface area contributed by atoms with E-state index >= 15 is 0 Å². The molecule has 5 N–H and O–H groups in total. The number of allylic oxidation sites excluding steroid dienone is 1. The van der Waals surface area contributed by atoms with Crippen molar-refractivity contribution in [3.8, 4) is 0 Å². The zero-order valence-corrected chi connectivity index (χ0v) is 11.1. The van der Waals surface area contributed by atoms with Gasteiger partial charge in [0.05, 0.1) is 0 Å². The lowest BCUT2D eigenvalue weighted by Crippen LogP contribution is -2.53. The number of unbranched alkanes of at least 4 members (excludes halogenated alkanes) is 1. The molecule has 0 aliphatic heterocycles. The molecular formula is C14H26N2O2. The average Bonchev–Trinajstić information content (AvgIpc) is 2.28. The molecule has 4 heteroatoms. The van der Waals surface area contributed by atoms with Crippen molar-refractivity contribution in [3.05, 3.63) is 12.2 Å². The average molecular weight is 254 g/mol. The summed E-state index contributed by atoms with van der Waals surface area (Å²) in [6.45, 7) is 0.593. The fourth-order valence-electron chi connectivity index (χ4n) is 2.60.